The molecule has 1 atom stereocenters. The van der Waals surface area contributed by atoms with Crippen molar-refractivity contribution in [3.05, 3.63) is 42.7 Å². The molecule has 4 heterocycles. The van der Waals surface area contributed by atoms with E-state index in [9.17, 15) is 13.6 Å². The van der Waals surface area contributed by atoms with Crippen LogP contribution in [0.15, 0.2) is 42.7 Å². The lowest BCUT2D eigenvalue weighted by Crippen LogP contribution is -2.55. The maximum absolute atomic E-state index is 14.7. The number of nitrogen functional groups attached to an aromatic ring is 1. The van der Waals surface area contributed by atoms with Crippen LogP contribution in [0.5, 0.6) is 11.6 Å². The number of benzene rings is 1. The van der Waals surface area contributed by atoms with Gasteiger partial charge in [0.15, 0.2) is 6.10 Å². The Hall–Kier alpha value is -4.30. The number of piperidine rings is 1. The standard InChI is InChI=1S/C27H32F2N8O4/c1-40-26-20(36-10-7-31-8-11-36)3-5-23(35-26)34-24-13-19(32-16-33-24)17-2-4-21(18(30)12-17)41-22-6-9-37(25(39)14-38)15-27(22,28)29/h2-5,12-13,16,22,31,38H,6-11,14-15,30H2,1H3,(H,32,33,34,35)/t22-/m1/s1. The van der Waals surface area contributed by atoms with E-state index in [0.29, 0.717) is 28.8 Å². The number of hydrogen-bond donors (Lipinski definition) is 4. The fraction of sp³-hybridized carbons (Fsp3) is 0.407. The van der Waals surface area contributed by atoms with Gasteiger partial charge in [0.05, 0.1) is 25.0 Å². The molecule has 0 spiro atoms. The van der Waals surface area contributed by atoms with E-state index >= 15 is 0 Å². The van der Waals surface area contributed by atoms with Crippen LogP contribution in [-0.2, 0) is 4.79 Å². The molecule has 12 nitrogen and oxygen atoms in total. The number of likely N-dealkylation sites (tertiary alicyclic amines) is 1. The Morgan fingerprint density at radius 1 is 1.17 bits per heavy atom. The molecule has 1 aromatic carbocycles. The first-order valence-electron chi connectivity index (χ1n) is 13.2. The molecule has 2 aliphatic rings. The van der Waals surface area contributed by atoms with Gasteiger partial charge in [0, 0.05) is 50.8 Å². The minimum Gasteiger partial charge on any atom is -0.482 e. The molecule has 0 saturated carbocycles. The van der Waals surface area contributed by atoms with Crippen molar-refractivity contribution in [3.63, 3.8) is 0 Å². The van der Waals surface area contributed by atoms with E-state index in [1.165, 1.54) is 12.4 Å². The number of nitrogens with one attached hydrogen (secondary N) is 2. The summed E-state index contributed by atoms with van der Waals surface area (Å²) in [7, 11) is 1.58. The number of rotatable bonds is 8. The zero-order chi connectivity index (χ0) is 29.0. The summed E-state index contributed by atoms with van der Waals surface area (Å²) in [5, 5.41) is 15.5. The quantitative estimate of drug-likeness (QED) is 0.294. The van der Waals surface area contributed by atoms with Gasteiger partial charge in [-0.3, -0.25) is 4.79 Å². The molecule has 0 radical (unpaired) electrons. The predicted molar refractivity (Wildman–Crippen MR) is 149 cm³/mol. The zero-order valence-corrected chi connectivity index (χ0v) is 22.5. The number of hydrogen-bond acceptors (Lipinski definition) is 11. The van der Waals surface area contributed by atoms with Gasteiger partial charge < -0.3 is 40.7 Å². The second-order valence-electron chi connectivity index (χ2n) is 9.76. The van der Waals surface area contributed by atoms with Gasteiger partial charge in [-0.1, -0.05) is 0 Å². The number of alkyl halides is 2. The second-order valence-corrected chi connectivity index (χ2v) is 9.76. The van der Waals surface area contributed by atoms with Crippen molar-refractivity contribution < 1.29 is 28.2 Å². The zero-order valence-electron chi connectivity index (χ0n) is 22.5. The summed E-state index contributed by atoms with van der Waals surface area (Å²) >= 11 is 0. The number of carbonyl (C=O) groups is 1. The fourth-order valence-electron chi connectivity index (χ4n) is 4.86. The molecule has 14 heteroatoms. The molecule has 2 fully saturated rings. The maximum atomic E-state index is 14.7. The molecule has 2 saturated heterocycles. The number of piperazine rings is 1. The van der Waals surface area contributed by atoms with Gasteiger partial charge in [-0.15, -0.1) is 0 Å². The monoisotopic (exact) mass is 570 g/mol. The number of nitrogens with zero attached hydrogens (tertiary/aromatic N) is 5. The van der Waals surface area contributed by atoms with Crippen LogP contribution in [0.25, 0.3) is 11.3 Å². The SMILES string of the molecule is COc1nc(Nc2cc(-c3ccc(O[C@@H]4CCN(C(=O)CO)CC4(F)F)c(N)c3)ncn2)ccc1N1CCNCC1. The molecular formula is C27H32F2N8O4. The number of ether oxygens (including phenoxy) is 2. The van der Waals surface area contributed by atoms with Gasteiger partial charge in [-0.25, -0.2) is 18.7 Å². The molecule has 0 unspecified atom stereocenters. The van der Waals surface area contributed by atoms with E-state index in [1.54, 1.807) is 25.3 Å². The highest BCUT2D eigenvalue weighted by Gasteiger charge is 2.47. The second kappa shape index (κ2) is 12.1. The summed E-state index contributed by atoms with van der Waals surface area (Å²) in [6.07, 6.45) is -0.168. The predicted octanol–water partition coefficient (Wildman–Crippen LogP) is 1.89. The first kappa shape index (κ1) is 28.2. The van der Waals surface area contributed by atoms with Gasteiger partial charge in [0.25, 0.3) is 0 Å². The summed E-state index contributed by atoms with van der Waals surface area (Å²) in [4.78, 5) is 28.0. The number of anilines is 4. The van der Waals surface area contributed by atoms with E-state index in [2.05, 4.69) is 30.5 Å². The lowest BCUT2D eigenvalue weighted by molar-refractivity contribution is -0.161. The minimum atomic E-state index is -3.30. The number of aliphatic hydroxyl groups is 1. The van der Waals surface area contributed by atoms with Crippen LogP contribution in [0.3, 0.4) is 0 Å². The van der Waals surface area contributed by atoms with Crippen LogP contribution in [-0.4, -0.2) is 95.9 Å². The largest absolute Gasteiger partial charge is 0.482 e. The molecule has 1 amide bonds. The Morgan fingerprint density at radius 3 is 2.68 bits per heavy atom. The molecule has 3 aromatic rings. The molecule has 5 N–H and O–H groups in total. The molecule has 2 aromatic heterocycles. The van der Waals surface area contributed by atoms with Crippen molar-refractivity contribution in [2.75, 3.05) is 68.9 Å². The van der Waals surface area contributed by atoms with Crippen LogP contribution in [0.1, 0.15) is 6.42 Å². The van der Waals surface area contributed by atoms with Gasteiger partial charge >= 0.3 is 5.92 Å². The van der Waals surface area contributed by atoms with E-state index < -0.39 is 31.1 Å². The number of aliphatic hydroxyl groups excluding tert-OH is 1. The first-order valence-corrected chi connectivity index (χ1v) is 13.2. The highest BCUT2D eigenvalue weighted by atomic mass is 19.3. The Balaban J connectivity index is 1.28. The summed E-state index contributed by atoms with van der Waals surface area (Å²) in [6, 6.07) is 10.3. The van der Waals surface area contributed by atoms with Gasteiger partial charge in [0.1, 0.15) is 36.0 Å². The van der Waals surface area contributed by atoms with Crippen LogP contribution in [0.4, 0.5) is 31.8 Å². The third-order valence-corrected chi connectivity index (χ3v) is 7.01. The van der Waals surface area contributed by atoms with Crippen LogP contribution < -0.4 is 30.7 Å². The van der Waals surface area contributed by atoms with Crippen molar-refractivity contribution >= 4 is 28.9 Å². The van der Waals surface area contributed by atoms with Crippen LogP contribution in [0, 0.1) is 0 Å². The summed E-state index contributed by atoms with van der Waals surface area (Å²) in [6.45, 7) is 1.91. The smallest absolute Gasteiger partial charge is 0.301 e. The third-order valence-electron chi connectivity index (χ3n) is 7.01. The average molecular weight is 571 g/mol. The van der Waals surface area contributed by atoms with Crippen molar-refractivity contribution in [2.45, 2.75) is 18.4 Å². The van der Waals surface area contributed by atoms with E-state index in [4.69, 9.17) is 20.3 Å². The Bertz CT molecular complexity index is 1390. The third kappa shape index (κ3) is 6.38. The summed E-state index contributed by atoms with van der Waals surface area (Å²) in [5.74, 6) is -2.41. The average Bonchev–Trinajstić information content (AvgIpc) is 2.99. The highest BCUT2D eigenvalue weighted by molar-refractivity contribution is 5.77. The molecule has 41 heavy (non-hydrogen) atoms. The van der Waals surface area contributed by atoms with Crippen molar-refractivity contribution in [1.29, 1.82) is 0 Å². The van der Waals surface area contributed by atoms with Gasteiger partial charge in [0.2, 0.25) is 11.8 Å². The molecule has 5 rings (SSSR count). The Kier molecular flexibility index (Phi) is 8.31. The molecule has 218 valence electrons. The van der Waals surface area contributed by atoms with Crippen molar-refractivity contribution in [2.24, 2.45) is 0 Å². The number of pyridine rings is 1. The molecule has 0 aliphatic carbocycles. The minimum absolute atomic E-state index is 0.0492. The summed E-state index contributed by atoms with van der Waals surface area (Å²) in [5.41, 5.74) is 8.44. The van der Waals surface area contributed by atoms with Crippen molar-refractivity contribution in [1.82, 2.24) is 25.2 Å². The van der Waals surface area contributed by atoms with E-state index in [0.717, 1.165) is 36.8 Å². The normalized spacial score (nSPS) is 18.6. The Morgan fingerprint density at radius 2 is 1.98 bits per heavy atom. The van der Waals surface area contributed by atoms with Gasteiger partial charge in [-0.05, 0) is 30.3 Å². The number of amides is 1. The van der Waals surface area contributed by atoms with Gasteiger partial charge in [-0.2, -0.15) is 4.98 Å². The molecule has 2 aliphatic heterocycles. The maximum Gasteiger partial charge on any atom is 0.301 e. The van der Waals surface area contributed by atoms with Crippen molar-refractivity contribution in [3.8, 4) is 22.9 Å². The van der Waals surface area contributed by atoms with Crippen LogP contribution in [0.2, 0.25) is 0 Å². The topological polar surface area (TPSA) is 151 Å². The number of nitrogens with two attached hydrogens (primary N) is 1. The number of aromatic nitrogens is 3. The number of carbonyl (C=O) groups excluding carboxylic acids is 1. The molecule has 0 bridgehead atoms. The lowest BCUT2D eigenvalue weighted by atomic mass is 10.0. The van der Waals surface area contributed by atoms with E-state index in [1.807, 2.05) is 12.1 Å². The fourth-order valence-corrected chi connectivity index (χ4v) is 4.86. The lowest BCUT2D eigenvalue weighted by Gasteiger charge is -2.38. The first-order chi connectivity index (χ1) is 19.8. The Labute approximate surface area is 235 Å². The van der Waals surface area contributed by atoms with Crippen LogP contribution >= 0.6 is 0 Å². The number of halogens is 2. The summed E-state index contributed by atoms with van der Waals surface area (Å²) < 4.78 is 40.5. The molecular weight excluding hydrogens is 538 g/mol. The highest BCUT2D eigenvalue weighted by Crippen LogP contribution is 2.35. The number of methoxy groups -OCH3 is 1. The van der Waals surface area contributed by atoms with E-state index in [-0.39, 0.29) is 24.4 Å².